The number of benzene rings is 6. The Morgan fingerprint density at radius 2 is 0.525 bits per heavy atom. The van der Waals surface area contributed by atoms with Crippen LogP contribution in [0.2, 0.25) is 15.1 Å². The van der Waals surface area contributed by atoms with Gasteiger partial charge >= 0.3 is 0 Å². The van der Waals surface area contributed by atoms with Gasteiger partial charge in [-0.3, -0.25) is 28.8 Å². The lowest BCUT2D eigenvalue weighted by molar-refractivity contribution is -1.07. The van der Waals surface area contributed by atoms with E-state index in [2.05, 4.69) is 37.8 Å². The number of phenols is 6. The number of hydrogen-bond acceptors (Lipinski definition) is 24. The van der Waals surface area contributed by atoms with Gasteiger partial charge in [-0.05, 0) is 48.5 Å². The van der Waals surface area contributed by atoms with E-state index in [9.17, 15) is 90.6 Å². The van der Waals surface area contributed by atoms with Crippen LogP contribution in [0.1, 0.15) is 101 Å². The summed E-state index contributed by atoms with van der Waals surface area (Å²) in [7, 11) is 18.9. The highest BCUT2D eigenvalue weighted by Crippen LogP contribution is 2.50. The summed E-state index contributed by atoms with van der Waals surface area (Å²) in [5, 5.41) is 140. The molecule has 33 heteroatoms. The van der Waals surface area contributed by atoms with Gasteiger partial charge in [0.25, 0.3) is 0 Å². The number of nitrogens with zero attached hydrogens (tertiary/aromatic N) is 6. The number of terminal acetylenes is 1. The average molecular weight is 1470 g/mol. The van der Waals surface area contributed by atoms with Crippen molar-refractivity contribution in [1.29, 1.82) is 0 Å². The van der Waals surface area contributed by atoms with Crippen molar-refractivity contribution in [2.24, 2.45) is 0 Å². The van der Waals surface area contributed by atoms with Crippen molar-refractivity contribution in [2.75, 3.05) is 195 Å². The maximum absolute atomic E-state index is 13.6. The minimum Gasteiger partial charge on any atom is -0.507 e. The summed E-state index contributed by atoms with van der Waals surface area (Å²) in [6, 6.07) is 9.90. The van der Waals surface area contributed by atoms with E-state index in [1.165, 1.54) is 6.07 Å². The number of nitrogens with one attached hydrogen (secondary N) is 6. The molecule has 0 atom stereocenters. The van der Waals surface area contributed by atoms with Gasteiger partial charge in [0.15, 0.2) is 0 Å². The predicted octanol–water partition coefficient (Wildman–Crippen LogP) is 6.83. The van der Waals surface area contributed by atoms with Crippen molar-refractivity contribution in [3.63, 3.8) is 0 Å². The first-order chi connectivity index (χ1) is 46.6. The zero-order chi connectivity index (χ0) is 75.7. The molecule has 0 aromatic heterocycles. The van der Waals surface area contributed by atoms with Gasteiger partial charge in [-0.25, -0.2) is 31.2 Å². The molecule has 0 heterocycles. The second-order valence-electron chi connectivity index (χ2n) is 27.6. The van der Waals surface area contributed by atoms with Crippen LogP contribution in [0.5, 0.6) is 34.5 Å². The van der Waals surface area contributed by atoms with Gasteiger partial charge in [0.05, 0.1) is 234 Å². The molecule has 0 bridgehead atoms. The van der Waals surface area contributed by atoms with Gasteiger partial charge in [0, 0.05) is 11.4 Å². The highest BCUT2D eigenvalue weighted by atomic mass is 35.5. The number of fused-ring (bicyclic) bond motifs is 6. The zero-order valence-corrected chi connectivity index (χ0v) is 60.1. The van der Waals surface area contributed by atoms with Crippen molar-refractivity contribution in [2.45, 2.75) is 0 Å². The van der Waals surface area contributed by atoms with Crippen molar-refractivity contribution >= 4 is 104 Å². The molecule has 3 aliphatic rings. The third-order valence-electron chi connectivity index (χ3n) is 16.1. The maximum atomic E-state index is 13.6. The smallest absolute Gasteiger partial charge is 0.200 e. The number of quaternary nitrogens is 6. The third kappa shape index (κ3) is 18.3. The average Bonchev–Trinajstić information content (AvgIpc) is 0.738. The molecule has 0 spiro atoms. The number of anilines is 6. The molecule has 3 aliphatic carbocycles. The molecule has 0 unspecified atom stereocenters. The molecule has 0 saturated carbocycles. The van der Waals surface area contributed by atoms with E-state index in [-0.39, 0.29) is 216 Å². The lowest BCUT2D eigenvalue weighted by Crippen LogP contribution is -2.40. The van der Waals surface area contributed by atoms with E-state index in [4.69, 9.17) is 41.2 Å². The van der Waals surface area contributed by atoms with Gasteiger partial charge in [0.2, 0.25) is 34.7 Å². The molecule has 101 heavy (non-hydrogen) atoms. The van der Waals surface area contributed by atoms with Gasteiger partial charge in [-0.15, -0.1) is 6.42 Å². The summed E-state index contributed by atoms with van der Waals surface area (Å²) in [5.74, 6) is -4.19. The van der Waals surface area contributed by atoms with E-state index < -0.39 is 69.2 Å². The monoisotopic (exact) mass is 1460 g/mol. The highest BCUT2D eigenvalue weighted by Gasteiger charge is 2.43. The Labute approximate surface area is 597 Å². The van der Waals surface area contributed by atoms with E-state index in [0.717, 1.165) is 36.4 Å². The Bertz CT molecular complexity index is 4280. The third-order valence-corrected chi connectivity index (χ3v) is 17.3. The number of carbonyl (C=O) groups excluding carboxylic acids is 6. The van der Waals surface area contributed by atoms with Crippen LogP contribution in [0.4, 0.5) is 34.1 Å². The number of ketones is 6. The molecule has 9 rings (SSSR count). The molecule has 18 N–H and O–H groups in total. The van der Waals surface area contributed by atoms with Crippen LogP contribution in [-0.2, 0) is 0 Å². The van der Waals surface area contributed by atoms with E-state index in [0.29, 0.717) is 12.1 Å². The van der Waals surface area contributed by atoms with Crippen LogP contribution in [0.25, 0.3) is 0 Å². The molecule has 0 fully saturated rings. The van der Waals surface area contributed by atoms with Crippen molar-refractivity contribution in [1.82, 2.24) is 0 Å². The lowest BCUT2D eigenvalue weighted by Gasteiger charge is -2.28. The first kappa shape index (κ1) is 79.2. The minimum atomic E-state index is -0.724. The number of phenolic OH excluding ortho intramolecular Hbond substituents is 6. The molecular weight excluding hydrogens is 1380 g/mol. The summed E-state index contributed by atoms with van der Waals surface area (Å²) < 4.78 is -2.02. The quantitative estimate of drug-likeness (QED) is 0.0128. The molecule has 0 aliphatic heterocycles. The van der Waals surface area contributed by atoms with Crippen molar-refractivity contribution in [3.8, 4) is 46.8 Å². The van der Waals surface area contributed by atoms with Crippen LogP contribution in [0.15, 0.2) is 48.5 Å². The molecular formula is C68H87Cl3N12O18+6. The fraction of sp³-hybridized carbons (Fsp3) is 0.353. The topological polar surface area (TPSA) is 417 Å². The van der Waals surface area contributed by atoms with Gasteiger partial charge in [-0.1, -0.05) is 40.7 Å². The van der Waals surface area contributed by atoms with E-state index in [1.807, 2.05) is 0 Å². The van der Waals surface area contributed by atoms with Crippen LogP contribution in [-0.4, -0.2) is 288 Å². The van der Waals surface area contributed by atoms with Gasteiger partial charge < -0.3 is 62.5 Å². The summed E-state index contributed by atoms with van der Waals surface area (Å²) in [5.41, 5.74) is -0.737. The van der Waals surface area contributed by atoms with E-state index >= 15 is 0 Å². The second kappa shape index (κ2) is 30.2. The van der Waals surface area contributed by atoms with E-state index in [1.54, 1.807) is 90.6 Å². The zero-order valence-electron chi connectivity index (χ0n) is 57.8. The molecule has 6 aromatic carbocycles. The minimum absolute atomic E-state index is 0.000828. The van der Waals surface area contributed by atoms with Gasteiger partial charge in [-0.2, -0.15) is 27.9 Å². The lowest BCUT2D eigenvalue weighted by atomic mass is 9.80. The summed E-state index contributed by atoms with van der Waals surface area (Å²) in [4.78, 5) is 81.3. The van der Waals surface area contributed by atoms with Crippen LogP contribution >= 0.6 is 34.8 Å². The Balaban J connectivity index is 0.000000213. The summed E-state index contributed by atoms with van der Waals surface area (Å²) in [6.07, 6.45) is 5.74. The Morgan fingerprint density at radius 1 is 0.317 bits per heavy atom. The molecule has 542 valence electrons. The molecule has 0 amide bonds. The number of likely N-dealkylation sites (N-methyl/N-ethyl adjacent to an activating group) is 6. The number of carbonyl (C=O) groups is 6. The number of hydrogen-bond donors (Lipinski definition) is 18. The highest BCUT2D eigenvalue weighted by molar-refractivity contribution is 6.48. The normalized spacial score (nSPS) is 13.4. The largest absolute Gasteiger partial charge is 0.507 e. The first-order valence-electron chi connectivity index (χ1n) is 31.4. The summed E-state index contributed by atoms with van der Waals surface area (Å²) >= 11 is 19.6. The fourth-order valence-electron chi connectivity index (χ4n) is 11.1. The number of hydroxylamine groups is 18. The Morgan fingerprint density at radius 3 is 0.782 bits per heavy atom. The Kier molecular flexibility index (Phi) is 23.7. The predicted molar refractivity (Wildman–Crippen MR) is 376 cm³/mol. The van der Waals surface area contributed by atoms with Crippen molar-refractivity contribution < 1.29 is 119 Å². The molecule has 6 aromatic rings. The maximum Gasteiger partial charge on any atom is 0.200 e. The van der Waals surface area contributed by atoms with Crippen LogP contribution < -0.4 is 31.9 Å². The first-order valence-corrected chi connectivity index (χ1v) is 32.5. The van der Waals surface area contributed by atoms with Crippen molar-refractivity contribution in [3.05, 3.63) is 136 Å². The second-order valence-corrected chi connectivity index (χ2v) is 28.7. The molecule has 0 saturated heterocycles. The number of halogens is 3. The summed E-state index contributed by atoms with van der Waals surface area (Å²) in [6.45, 7) is 2.92. The fourth-order valence-corrected chi connectivity index (χ4v) is 11.9. The van der Waals surface area contributed by atoms with Crippen LogP contribution in [0.3, 0.4) is 0 Å². The van der Waals surface area contributed by atoms with Gasteiger partial charge in [0.1, 0.15) is 73.8 Å². The van der Waals surface area contributed by atoms with Crippen LogP contribution in [0, 0.1) is 12.3 Å². The molecule has 0 radical (unpaired) electrons. The standard InChI is InChI=1S/C24H28N4O6.C22H26Cl2N4O6.C22H27ClN4O6/c1-6-14-13-15(25-9-11-27(2,3)33)18-21(22(14)26-10-12-28(4,5)34)24(32)20-17(30)8-7-16(29)19(20)23(18)31;1-27(2,33)9-7-25-19-15-16(20(18(24)17(19)23)26-8-10-28(3,4)34)22(32)14-12(30)6-5-11(29)13(14)21(15)31;1-26(2,32)9-7-24-13-11-12(23)20(25-8-10-27(3,4)33)19-16(13)21(30)17-14(28)5-6-15(29)18(17)22(19)31/h1,7-8,13,33-34H,9-12H2,2-5H3,(H2-2,25,26,29,30,31,32);5-6,33-34H,7-10H2,1-4H3,(H2-2,25,26,29,30,31,32);5-6,11,32-33H,7-10H2,1-4H3,(H2-2,24,25,28,29,30,31)/p+6. The number of aromatic hydroxyl groups is 6. The number of rotatable bonds is 24. The Hall–Kier alpha value is -9.11. The molecule has 30 nitrogen and oxygen atoms in total. The SMILES string of the molecule is C#Cc1cc(NCC[N+](C)(C)O)c2c(c1NCC[N+](C)(C)O)C(=O)c1c(O)ccc(O)c1C2=O.C[N+](C)(O)CCNc1c(Cl)c(Cl)c(NCC[N+](C)(C)O)c2c1C(=O)c1c(O)ccc(O)c1C2=O.C[N+](C)(O)CCNc1cc(Cl)c(NCC[N+](C)(C)O)c2c1C(=O)c1c(O)ccc(O)c1C2=O.